The van der Waals surface area contributed by atoms with Crippen LogP contribution in [0.25, 0.3) is 0 Å². The normalized spacial score (nSPS) is 11.6. The molecule has 2 N–H and O–H groups in total. The number of carboxylic acids is 1. The molecule has 0 bridgehead atoms. The third-order valence-electron chi connectivity index (χ3n) is 2.29. The highest BCUT2D eigenvalue weighted by atomic mass is 32.1. The Morgan fingerprint density at radius 1 is 1.47 bits per heavy atom. The molecule has 0 aliphatic carbocycles. The summed E-state index contributed by atoms with van der Waals surface area (Å²) in [7, 11) is 0. The molecule has 0 fully saturated rings. The van der Waals surface area contributed by atoms with E-state index < -0.39 is 23.9 Å². The van der Waals surface area contributed by atoms with Gasteiger partial charge in [0.15, 0.2) is 0 Å². The van der Waals surface area contributed by atoms with Crippen LogP contribution in [-0.4, -0.2) is 35.6 Å². The van der Waals surface area contributed by atoms with Crippen LogP contribution in [-0.2, 0) is 14.3 Å². The zero-order valence-electron chi connectivity index (χ0n) is 10.4. The van der Waals surface area contributed by atoms with Crippen molar-refractivity contribution in [1.29, 1.82) is 0 Å². The van der Waals surface area contributed by atoms with E-state index in [-0.39, 0.29) is 19.4 Å². The molecule has 1 aromatic rings. The lowest BCUT2D eigenvalue weighted by Gasteiger charge is -2.13. The number of amides is 1. The van der Waals surface area contributed by atoms with Crippen molar-refractivity contribution < 1.29 is 24.2 Å². The van der Waals surface area contributed by atoms with E-state index in [1.165, 1.54) is 11.3 Å². The average molecular weight is 285 g/mol. The summed E-state index contributed by atoms with van der Waals surface area (Å²) in [5, 5.41) is 13.1. The van der Waals surface area contributed by atoms with Gasteiger partial charge in [-0.05, 0) is 24.8 Å². The van der Waals surface area contributed by atoms with Gasteiger partial charge < -0.3 is 15.2 Å². The molecular formula is C12H15NO5S. The molecule has 6 nitrogen and oxygen atoms in total. The zero-order chi connectivity index (χ0) is 14.3. The van der Waals surface area contributed by atoms with Crippen molar-refractivity contribution in [3.05, 3.63) is 22.4 Å². The fourth-order valence-electron chi connectivity index (χ4n) is 1.39. The summed E-state index contributed by atoms with van der Waals surface area (Å²) in [6.45, 7) is 1.92. The molecule has 104 valence electrons. The summed E-state index contributed by atoms with van der Waals surface area (Å²) in [5.41, 5.74) is 0. The van der Waals surface area contributed by atoms with Crippen molar-refractivity contribution in [2.45, 2.75) is 25.8 Å². The maximum absolute atomic E-state index is 11.7. The molecule has 7 heteroatoms. The molecule has 1 atom stereocenters. The quantitative estimate of drug-likeness (QED) is 0.736. The first-order chi connectivity index (χ1) is 9.04. The summed E-state index contributed by atoms with van der Waals surface area (Å²) >= 11 is 1.22. The van der Waals surface area contributed by atoms with Gasteiger partial charge in [-0.1, -0.05) is 6.07 Å². The summed E-state index contributed by atoms with van der Waals surface area (Å²) in [6.07, 6.45) is -0.0409. The topological polar surface area (TPSA) is 92.7 Å². The van der Waals surface area contributed by atoms with E-state index in [1.54, 1.807) is 24.4 Å². The van der Waals surface area contributed by atoms with Gasteiger partial charge in [0, 0.05) is 6.42 Å². The fraction of sp³-hybridized carbons (Fsp3) is 0.417. The van der Waals surface area contributed by atoms with Crippen LogP contribution < -0.4 is 5.32 Å². The van der Waals surface area contributed by atoms with Crippen LogP contribution in [0.4, 0.5) is 0 Å². The molecule has 1 aromatic heterocycles. The maximum atomic E-state index is 11.7. The molecule has 0 unspecified atom stereocenters. The second kappa shape index (κ2) is 7.52. The lowest BCUT2D eigenvalue weighted by atomic mass is 10.1. The predicted molar refractivity (Wildman–Crippen MR) is 69.1 cm³/mol. The van der Waals surface area contributed by atoms with Crippen molar-refractivity contribution in [1.82, 2.24) is 5.32 Å². The van der Waals surface area contributed by atoms with Crippen LogP contribution in [0.1, 0.15) is 29.4 Å². The largest absolute Gasteiger partial charge is 0.480 e. The first-order valence-electron chi connectivity index (χ1n) is 5.77. The van der Waals surface area contributed by atoms with E-state index in [2.05, 4.69) is 5.32 Å². The van der Waals surface area contributed by atoms with Crippen molar-refractivity contribution in [3.63, 3.8) is 0 Å². The minimum Gasteiger partial charge on any atom is -0.480 e. The Labute approximate surface area is 114 Å². The molecule has 0 saturated heterocycles. The van der Waals surface area contributed by atoms with Crippen molar-refractivity contribution in [2.75, 3.05) is 6.61 Å². The van der Waals surface area contributed by atoms with E-state index in [9.17, 15) is 14.4 Å². The number of carbonyl (C=O) groups is 3. The van der Waals surface area contributed by atoms with E-state index in [0.717, 1.165) is 0 Å². The molecule has 0 radical (unpaired) electrons. The number of aliphatic carboxylic acids is 1. The highest BCUT2D eigenvalue weighted by Crippen LogP contribution is 2.09. The number of nitrogens with one attached hydrogen (secondary N) is 1. The minimum atomic E-state index is -1.17. The molecule has 1 rings (SSSR count). The van der Waals surface area contributed by atoms with Crippen molar-refractivity contribution >= 4 is 29.2 Å². The van der Waals surface area contributed by atoms with Gasteiger partial charge in [0.2, 0.25) is 0 Å². The standard InChI is InChI=1S/C12H15NO5S/c1-2-18-10(14)6-5-8(12(16)17)13-11(15)9-4-3-7-19-9/h3-4,7-8H,2,5-6H2,1H3,(H,13,15)(H,16,17)/t8-/m0/s1. The Bertz CT molecular complexity index is 443. The van der Waals surface area contributed by atoms with Gasteiger partial charge in [-0.3, -0.25) is 9.59 Å². The van der Waals surface area contributed by atoms with Crippen LogP contribution in [0.5, 0.6) is 0 Å². The Morgan fingerprint density at radius 2 is 2.21 bits per heavy atom. The van der Waals surface area contributed by atoms with Gasteiger partial charge in [0.05, 0.1) is 11.5 Å². The molecular weight excluding hydrogens is 270 g/mol. The fourth-order valence-corrected chi connectivity index (χ4v) is 2.02. The molecule has 1 heterocycles. The molecule has 0 aliphatic heterocycles. The van der Waals surface area contributed by atoms with Gasteiger partial charge in [-0.15, -0.1) is 11.3 Å². The van der Waals surface area contributed by atoms with Gasteiger partial charge in [-0.25, -0.2) is 4.79 Å². The SMILES string of the molecule is CCOC(=O)CC[C@H](NC(=O)c1cccs1)C(=O)O. The molecule has 19 heavy (non-hydrogen) atoms. The lowest BCUT2D eigenvalue weighted by molar-refractivity contribution is -0.144. The molecule has 0 saturated carbocycles. The minimum absolute atomic E-state index is 0.00524. The number of esters is 1. The first-order valence-corrected chi connectivity index (χ1v) is 6.65. The Kier molecular flexibility index (Phi) is 6.01. The number of rotatable bonds is 7. The summed E-state index contributed by atoms with van der Waals surface area (Å²) in [6, 6.07) is 2.21. The number of ether oxygens (including phenoxy) is 1. The maximum Gasteiger partial charge on any atom is 0.326 e. The van der Waals surface area contributed by atoms with Crippen molar-refractivity contribution in [2.24, 2.45) is 0 Å². The van der Waals surface area contributed by atoms with Crippen molar-refractivity contribution in [3.8, 4) is 0 Å². The number of hydrogen-bond donors (Lipinski definition) is 2. The molecule has 0 aromatic carbocycles. The zero-order valence-corrected chi connectivity index (χ0v) is 11.2. The van der Waals surface area contributed by atoms with Gasteiger partial charge in [0.25, 0.3) is 5.91 Å². The summed E-state index contributed by atoms with van der Waals surface area (Å²) < 4.78 is 4.71. The smallest absolute Gasteiger partial charge is 0.326 e. The number of hydrogen-bond acceptors (Lipinski definition) is 5. The van der Waals surface area contributed by atoms with E-state index in [4.69, 9.17) is 9.84 Å². The van der Waals surface area contributed by atoms with E-state index in [1.807, 2.05) is 0 Å². The third-order valence-corrected chi connectivity index (χ3v) is 3.16. The van der Waals surface area contributed by atoms with Gasteiger partial charge in [-0.2, -0.15) is 0 Å². The molecule has 1 amide bonds. The van der Waals surface area contributed by atoms with Crippen LogP contribution in [0.2, 0.25) is 0 Å². The lowest BCUT2D eigenvalue weighted by Crippen LogP contribution is -2.40. The second-order valence-electron chi connectivity index (χ2n) is 3.69. The van der Waals surface area contributed by atoms with Gasteiger partial charge in [0.1, 0.15) is 6.04 Å². The Morgan fingerprint density at radius 3 is 2.74 bits per heavy atom. The number of thiophene rings is 1. The van der Waals surface area contributed by atoms with Crippen LogP contribution in [0.15, 0.2) is 17.5 Å². The second-order valence-corrected chi connectivity index (χ2v) is 4.63. The van der Waals surface area contributed by atoms with Gasteiger partial charge >= 0.3 is 11.9 Å². The summed E-state index contributed by atoms with van der Waals surface area (Å²) in [5.74, 6) is -2.10. The predicted octanol–water partition coefficient (Wildman–Crippen LogP) is 1.27. The third kappa shape index (κ3) is 5.09. The van der Waals surface area contributed by atoms with Crippen LogP contribution in [0.3, 0.4) is 0 Å². The molecule has 0 aliphatic rings. The first kappa shape index (κ1) is 15.2. The highest BCUT2D eigenvalue weighted by molar-refractivity contribution is 7.12. The Hall–Kier alpha value is -1.89. The molecule has 0 spiro atoms. The number of carboxylic acid groups (broad SMARTS) is 1. The monoisotopic (exact) mass is 285 g/mol. The average Bonchev–Trinajstić information content (AvgIpc) is 2.88. The van der Waals surface area contributed by atoms with E-state index in [0.29, 0.717) is 4.88 Å². The van der Waals surface area contributed by atoms with E-state index >= 15 is 0 Å². The van der Waals surface area contributed by atoms with Crippen LogP contribution in [0, 0.1) is 0 Å². The number of carbonyl (C=O) groups excluding carboxylic acids is 2. The Balaban J connectivity index is 2.51. The highest BCUT2D eigenvalue weighted by Gasteiger charge is 2.22. The summed E-state index contributed by atoms with van der Waals surface area (Å²) in [4.78, 5) is 34.3. The van der Waals surface area contributed by atoms with Crippen LogP contribution >= 0.6 is 11.3 Å².